The summed E-state index contributed by atoms with van der Waals surface area (Å²) in [4.78, 5) is 4.06. The molecule has 21 heavy (non-hydrogen) atoms. The van der Waals surface area contributed by atoms with Crippen LogP contribution in [0.15, 0.2) is 35.5 Å². The number of hydrogen-bond donors (Lipinski definition) is 2. The van der Waals surface area contributed by atoms with Gasteiger partial charge in [-0.05, 0) is 24.3 Å². The highest BCUT2D eigenvalue weighted by atomic mass is 32.2. The minimum Gasteiger partial charge on any atom is -0.384 e. The van der Waals surface area contributed by atoms with Crippen molar-refractivity contribution in [3.05, 3.63) is 42.0 Å². The van der Waals surface area contributed by atoms with Crippen LogP contribution in [-0.2, 0) is 16.6 Å². The minimum absolute atomic E-state index is 0.106. The summed E-state index contributed by atoms with van der Waals surface area (Å²) in [5.41, 5.74) is 0.640. The molecule has 0 fully saturated rings. The molecule has 0 aliphatic carbocycles. The average molecular weight is 306 g/mol. The lowest BCUT2D eigenvalue weighted by atomic mass is 10.2. The maximum atomic E-state index is 12.4. The van der Waals surface area contributed by atoms with Crippen LogP contribution in [0.5, 0.6) is 0 Å². The number of nitrogens with zero attached hydrogens (tertiary/aromatic N) is 3. The molecule has 0 aliphatic heterocycles. The van der Waals surface area contributed by atoms with Gasteiger partial charge in [0.1, 0.15) is 18.8 Å². The number of rotatable bonds is 4. The van der Waals surface area contributed by atoms with Crippen LogP contribution in [0.3, 0.4) is 0 Å². The van der Waals surface area contributed by atoms with Crippen molar-refractivity contribution in [3.63, 3.8) is 0 Å². The fourth-order valence-electron chi connectivity index (χ4n) is 1.63. The van der Waals surface area contributed by atoms with E-state index < -0.39 is 10.0 Å². The zero-order valence-electron chi connectivity index (χ0n) is 11.3. The van der Waals surface area contributed by atoms with E-state index in [1.165, 1.54) is 29.8 Å². The number of aromatic amines is 1. The van der Waals surface area contributed by atoms with Crippen molar-refractivity contribution in [1.82, 2.24) is 19.5 Å². The van der Waals surface area contributed by atoms with Gasteiger partial charge in [0, 0.05) is 12.6 Å². The Morgan fingerprint density at radius 2 is 2.05 bits per heavy atom. The lowest BCUT2D eigenvalue weighted by Gasteiger charge is -2.15. The molecule has 8 heteroatoms. The molecule has 0 radical (unpaired) electrons. The molecule has 2 rings (SSSR count). The first-order chi connectivity index (χ1) is 10.0. The standard InChI is InChI=1S/C13H14N4O3S/c1-17(9-13-14-10-15-16-13)21(19,20)12-6-4-11(5-7-12)3-2-8-18/h4-7,10,18H,8-9H2,1H3,(H,14,15,16). The molecule has 0 unspecified atom stereocenters. The Labute approximate surface area is 122 Å². The zero-order valence-corrected chi connectivity index (χ0v) is 12.1. The highest BCUT2D eigenvalue weighted by Gasteiger charge is 2.21. The van der Waals surface area contributed by atoms with Crippen molar-refractivity contribution < 1.29 is 13.5 Å². The molecule has 2 aromatic rings. The van der Waals surface area contributed by atoms with E-state index in [1.54, 1.807) is 12.1 Å². The molecular weight excluding hydrogens is 292 g/mol. The van der Waals surface area contributed by atoms with Crippen LogP contribution in [0.1, 0.15) is 11.4 Å². The molecule has 1 aromatic carbocycles. The smallest absolute Gasteiger partial charge is 0.243 e. The second kappa shape index (κ2) is 6.49. The van der Waals surface area contributed by atoms with E-state index >= 15 is 0 Å². The highest BCUT2D eigenvalue weighted by Crippen LogP contribution is 2.16. The third-order valence-corrected chi connectivity index (χ3v) is 4.53. The molecule has 110 valence electrons. The number of benzene rings is 1. The van der Waals surface area contributed by atoms with Gasteiger partial charge in [-0.3, -0.25) is 5.10 Å². The number of aliphatic hydroxyl groups excluding tert-OH is 1. The van der Waals surface area contributed by atoms with Gasteiger partial charge in [-0.2, -0.15) is 9.40 Å². The van der Waals surface area contributed by atoms with E-state index in [-0.39, 0.29) is 18.0 Å². The van der Waals surface area contributed by atoms with Crippen molar-refractivity contribution >= 4 is 10.0 Å². The highest BCUT2D eigenvalue weighted by molar-refractivity contribution is 7.89. The van der Waals surface area contributed by atoms with Gasteiger partial charge in [-0.15, -0.1) is 0 Å². The van der Waals surface area contributed by atoms with Gasteiger partial charge >= 0.3 is 0 Å². The normalized spacial score (nSPS) is 11.2. The zero-order chi connectivity index (χ0) is 15.3. The first kappa shape index (κ1) is 15.2. The van der Waals surface area contributed by atoms with Crippen molar-refractivity contribution in [3.8, 4) is 11.8 Å². The molecule has 0 amide bonds. The molecule has 0 atom stereocenters. The molecule has 0 bridgehead atoms. The summed E-state index contributed by atoms with van der Waals surface area (Å²) in [7, 11) is -2.13. The molecule has 1 aromatic heterocycles. The summed E-state index contributed by atoms with van der Waals surface area (Å²) in [6.45, 7) is -0.131. The lowest BCUT2D eigenvalue weighted by Crippen LogP contribution is -2.27. The first-order valence-electron chi connectivity index (χ1n) is 6.04. The number of nitrogens with one attached hydrogen (secondary N) is 1. The van der Waals surface area contributed by atoms with Crippen LogP contribution in [-0.4, -0.2) is 46.7 Å². The topological polar surface area (TPSA) is 99.2 Å². The van der Waals surface area contributed by atoms with E-state index in [9.17, 15) is 8.42 Å². The Balaban J connectivity index is 2.18. The van der Waals surface area contributed by atoms with E-state index in [0.29, 0.717) is 11.4 Å². The van der Waals surface area contributed by atoms with Gasteiger partial charge in [0.25, 0.3) is 0 Å². The predicted molar refractivity (Wildman–Crippen MR) is 75.4 cm³/mol. The van der Waals surface area contributed by atoms with E-state index in [1.807, 2.05) is 0 Å². The van der Waals surface area contributed by atoms with Gasteiger partial charge in [0.2, 0.25) is 10.0 Å². The molecule has 0 saturated carbocycles. The Morgan fingerprint density at radius 3 is 2.62 bits per heavy atom. The van der Waals surface area contributed by atoms with Crippen molar-refractivity contribution in [2.24, 2.45) is 0 Å². The molecule has 0 saturated heterocycles. The van der Waals surface area contributed by atoms with Gasteiger partial charge < -0.3 is 5.11 Å². The molecule has 1 heterocycles. The molecule has 2 N–H and O–H groups in total. The summed E-state index contributed by atoms with van der Waals surface area (Å²) in [6.07, 6.45) is 1.32. The monoisotopic (exact) mass is 306 g/mol. The SMILES string of the molecule is CN(Cc1ncn[nH]1)S(=O)(=O)c1ccc(C#CCO)cc1. The Bertz CT molecular complexity index is 743. The Hall–Kier alpha value is -2.21. The van der Waals surface area contributed by atoms with E-state index in [2.05, 4.69) is 27.0 Å². The van der Waals surface area contributed by atoms with Gasteiger partial charge in [0.15, 0.2) is 0 Å². The fourth-order valence-corrected chi connectivity index (χ4v) is 2.77. The fraction of sp³-hybridized carbons (Fsp3) is 0.231. The maximum Gasteiger partial charge on any atom is 0.243 e. The van der Waals surface area contributed by atoms with Crippen LogP contribution in [0.2, 0.25) is 0 Å². The van der Waals surface area contributed by atoms with E-state index in [4.69, 9.17) is 5.11 Å². The van der Waals surface area contributed by atoms with E-state index in [0.717, 1.165) is 0 Å². The largest absolute Gasteiger partial charge is 0.384 e. The number of sulfonamides is 1. The van der Waals surface area contributed by atoms with Gasteiger partial charge in [-0.1, -0.05) is 11.8 Å². The third kappa shape index (κ3) is 3.66. The first-order valence-corrected chi connectivity index (χ1v) is 7.48. The molecule has 7 nitrogen and oxygen atoms in total. The minimum atomic E-state index is -3.60. The molecule has 0 aliphatic rings. The Morgan fingerprint density at radius 1 is 1.33 bits per heavy atom. The van der Waals surface area contributed by atoms with Crippen LogP contribution in [0, 0.1) is 11.8 Å². The second-order valence-corrected chi connectivity index (χ2v) is 6.22. The lowest BCUT2D eigenvalue weighted by molar-refractivity contribution is 0.350. The van der Waals surface area contributed by atoms with Gasteiger partial charge in [-0.25, -0.2) is 13.4 Å². The number of aromatic nitrogens is 3. The number of H-pyrrole nitrogens is 1. The average Bonchev–Trinajstić information content (AvgIpc) is 2.98. The summed E-state index contributed by atoms with van der Waals surface area (Å²) in [5, 5.41) is 14.9. The molecule has 0 spiro atoms. The summed E-state index contributed by atoms with van der Waals surface area (Å²) < 4.78 is 25.9. The summed E-state index contributed by atoms with van der Waals surface area (Å²) in [5.74, 6) is 5.67. The van der Waals surface area contributed by atoms with Crippen LogP contribution >= 0.6 is 0 Å². The molecular formula is C13H14N4O3S. The second-order valence-electron chi connectivity index (χ2n) is 4.18. The van der Waals surface area contributed by atoms with Crippen molar-refractivity contribution in [2.75, 3.05) is 13.7 Å². The predicted octanol–water partition coefficient (Wildman–Crippen LogP) is -0.0308. The van der Waals surface area contributed by atoms with Crippen molar-refractivity contribution in [2.45, 2.75) is 11.4 Å². The van der Waals surface area contributed by atoms with Crippen LogP contribution in [0.25, 0.3) is 0 Å². The Kier molecular flexibility index (Phi) is 4.70. The quantitative estimate of drug-likeness (QED) is 0.773. The van der Waals surface area contributed by atoms with Crippen LogP contribution in [0.4, 0.5) is 0 Å². The number of aliphatic hydroxyl groups is 1. The van der Waals surface area contributed by atoms with Crippen LogP contribution < -0.4 is 0 Å². The van der Waals surface area contributed by atoms with Gasteiger partial charge in [0.05, 0.1) is 11.4 Å². The number of hydrogen-bond acceptors (Lipinski definition) is 5. The summed E-state index contributed by atoms with van der Waals surface area (Å²) in [6, 6.07) is 6.15. The summed E-state index contributed by atoms with van der Waals surface area (Å²) >= 11 is 0. The third-order valence-electron chi connectivity index (χ3n) is 2.71. The van der Waals surface area contributed by atoms with Crippen molar-refractivity contribution in [1.29, 1.82) is 0 Å². The maximum absolute atomic E-state index is 12.4.